The first-order valence-electron chi connectivity index (χ1n) is 5.73. The van der Waals surface area contributed by atoms with Gasteiger partial charge >= 0.3 is 0 Å². The molecule has 0 heterocycles. The van der Waals surface area contributed by atoms with Crippen molar-refractivity contribution in [1.82, 2.24) is 0 Å². The highest BCUT2D eigenvalue weighted by molar-refractivity contribution is 5.57. The van der Waals surface area contributed by atoms with Crippen LogP contribution in [0.5, 0.6) is 0 Å². The minimum absolute atomic E-state index is 1.35. The van der Waals surface area contributed by atoms with E-state index in [0.717, 1.165) is 0 Å². The highest BCUT2D eigenvalue weighted by atomic mass is 14.0. The quantitative estimate of drug-likeness (QED) is 0.579. The van der Waals surface area contributed by atoms with Crippen LogP contribution in [0, 0.1) is 26.2 Å². The normalized spacial score (nSPS) is 8.31. The van der Waals surface area contributed by atoms with E-state index in [9.17, 15) is 0 Å². The third kappa shape index (κ3) is 6.90. The molecule has 0 saturated carbocycles. The average Bonchev–Trinajstić information content (AvgIpc) is 2.28. The minimum atomic E-state index is 1.35. The van der Waals surface area contributed by atoms with E-state index in [1.807, 2.05) is 20.8 Å². The Bertz CT molecular complexity index is 317. The highest BCUT2D eigenvalue weighted by Crippen LogP contribution is 2.14. The fourth-order valence-electron chi connectivity index (χ4n) is 1.26. The Morgan fingerprint density at radius 3 is 1.81 bits per heavy atom. The Balaban J connectivity index is 0. The summed E-state index contributed by atoms with van der Waals surface area (Å²) in [6, 6.07) is 6.38. The van der Waals surface area contributed by atoms with Gasteiger partial charge in [-0.2, -0.15) is 0 Å². The van der Waals surface area contributed by atoms with Gasteiger partial charge in [-0.1, -0.05) is 44.2 Å². The van der Waals surface area contributed by atoms with Crippen molar-refractivity contribution >= 4 is 6.08 Å². The van der Waals surface area contributed by atoms with Crippen molar-refractivity contribution in [1.29, 1.82) is 0 Å². The Morgan fingerprint density at radius 2 is 1.50 bits per heavy atom. The molecule has 1 aromatic rings. The van der Waals surface area contributed by atoms with Gasteiger partial charge < -0.3 is 0 Å². The van der Waals surface area contributed by atoms with E-state index in [1.54, 1.807) is 6.92 Å². The summed E-state index contributed by atoms with van der Waals surface area (Å²) in [7, 11) is 0. The molecule has 0 heteroatoms. The second-order valence-corrected chi connectivity index (χ2v) is 3.09. The summed E-state index contributed by atoms with van der Waals surface area (Å²) in [6.45, 7) is 12.0. The number of benzene rings is 1. The predicted octanol–water partition coefficient (Wildman–Crippen LogP) is 5.00. The lowest BCUT2D eigenvalue weighted by molar-refractivity contribution is 1.35. The van der Waals surface area contributed by atoms with Crippen LogP contribution in [-0.2, 0) is 0 Å². The van der Waals surface area contributed by atoms with Gasteiger partial charge in [-0.25, -0.2) is 0 Å². The summed E-state index contributed by atoms with van der Waals surface area (Å²) >= 11 is 0. The zero-order valence-electron chi connectivity index (χ0n) is 11.5. The smallest absolute Gasteiger partial charge is 0.00297 e. The first kappa shape index (κ1) is 16.9. The third-order valence-corrected chi connectivity index (χ3v) is 1.88. The molecule has 1 aromatic carbocycles. The lowest BCUT2D eigenvalue weighted by atomic mass is 10.0. The molecule has 16 heavy (non-hydrogen) atoms. The van der Waals surface area contributed by atoms with Gasteiger partial charge in [0.15, 0.2) is 0 Å². The minimum Gasteiger partial charge on any atom is -0.120 e. The molecule has 0 bridgehead atoms. The van der Waals surface area contributed by atoms with Gasteiger partial charge in [-0.15, -0.1) is 12.3 Å². The van der Waals surface area contributed by atoms with Crippen LogP contribution in [0.4, 0.5) is 0 Å². The zero-order chi connectivity index (χ0) is 13.0. The van der Waals surface area contributed by atoms with Crippen LogP contribution in [0.2, 0.25) is 0 Å². The summed E-state index contributed by atoms with van der Waals surface area (Å²) in [4.78, 5) is 0. The Morgan fingerprint density at radius 1 is 1.12 bits per heavy atom. The molecule has 0 N–H and O–H groups in total. The summed E-state index contributed by atoms with van der Waals surface area (Å²) in [5, 5.41) is 0. The van der Waals surface area contributed by atoms with Crippen molar-refractivity contribution in [2.45, 2.75) is 41.5 Å². The molecule has 0 amide bonds. The van der Waals surface area contributed by atoms with E-state index in [2.05, 4.69) is 56.5 Å². The third-order valence-electron chi connectivity index (χ3n) is 1.88. The Labute approximate surface area is 101 Å². The molecule has 88 valence electrons. The fourth-order valence-corrected chi connectivity index (χ4v) is 1.26. The van der Waals surface area contributed by atoms with Gasteiger partial charge in [0.25, 0.3) is 0 Å². The van der Waals surface area contributed by atoms with Crippen LogP contribution < -0.4 is 0 Å². The summed E-state index contributed by atoms with van der Waals surface area (Å²) in [5.74, 6) is 2.25. The van der Waals surface area contributed by atoms with Gasteiger partial charge in [-0.05, 0) is 44.4 Å². The van der Waals surface area contributed by atoms with Gasteiger partial charge in [0.2, 0.25) is 0 Å². The van der Waals surface area contributed by atoms with Gasteiger partial charge in [0, 0.05) is 0 Å². The molecule has 0 fully saturated rings. The van der Waals surface area contributed by atoms with Crippen LogP contribution in [0.3, 0.4) is 0 Å². The number of hydrogen-bond acceptors (Lipinski definition) is 0. The van der Waals surface area contributed by atoms with Crippen LogP contribution in [-0.4, -0.2) is 0 Å². The molecule has 0 aliphatic rings. The summed E-state index contributed by atoms with van der Waals surface area (Å²) in [5.41, 5.74) is 4.06. The lowest BCUT2D eigenvalue weighted by Gasteiger charge is -2.02. The largest absolute Gasteiger partial charge is 0.120 e. The van der Waals surface area contributed by atoms with Gasteiger partial charge in [0.05, 0.1) is 0 Å². The van der Waals surface area contributed by atoms with Gasteiger partial charge in [0.1, 0.15) is 0 Å². The fraction of sp³-hybridized carbons (Fsp3) is 0.375. The molecule has 0 aliphatic heterocycles. The summed E-state index contributed by atoms with van der Waals surface area (Å²) < 4.78 is 0. The standard InChI is InChI=1S/C11H14.C3H4.C2H6/c1-4-6-11-9(2)7-5-8-10(11)3;1-3-2;1-2/h4-8H,1-3H3;1H,2H3;1-2H3/b6-4-;;. The molecular formula is C16H24. The van der Waals surface area contributed by atoms with Crippen LogP contribution in [0.1, 0.15) is 44.4 Å². The number of hydrogen-bond donors (Lipinski definition) is 0. The number of aryl methyl sites for hydroxylation is 2. The first-order chi connectivity index (χ1) is 7.67. The summed E-state index contributed by atoms with van der Waals surface area (Å²) in [6.07, 6.45) is 8.83. The molecule has 0 atom stereocenters. The maximum Gasteiger partial charge on any atom is -0.00297 e. The SMILES string of the molecule is C#CC.C/C=C\c1c(C)cccc1C.CC. The molecule has 0 aliphatic carbocycles. The van der Waals surface area contributed by atoms with E-state index >= 15 is 0 Å². The second-order valence-electron chi connectivity index (χ2n) is 3.09. The second kappa shape index (κ2) is 11.6. The number of rotatable bonds is 1. The molecule has 0 nitrogen and oxygen atoms in total. The first-order valence-corrected chi connectivity index (χ1v) is 5.73. The van der Waals surface area contributed by atoms with Crippen molar-refractivity contribution in [3.8, 4) is 12.3 Å². The molecular weight excluding hydrogens is 192 g/mol. The highest BCUT2D eigenvalue weighted by Gasteiger charge is 1.95. The number of allylic oxidation sites excluding steroid dienone is 1. The van der Waals surface area contributed by atoms with Crippen molar-refractivity contribution in [3.63, 3.8) is 0 Å². The van der Waals surface area contributed by atoms with E-state index in [-0.39, 0.29) is 0 Å². The van der Waals surface area contributed by atoms with E-state index < -0.39 is 0 Å². The molecule has 0 spiro atoms. The number of terminal acetylenes is 1. The van der Waals surface area contributed by atoms with Crippen molar-refractivity contribution < 1.29 is 0 Å². The van der Waals surface area contributed by atoms with E-state index in [1.165, 1.54) is 16.7 Å². The van der Waals surface area contributed by atoms with Crippen molar-refractivity contribution in [2.24, 2.45) is 0 Å². The average molecular weight is 216 g/mol. The lowest BCUT2D eigenvalue weighted by Crippen LogP contribution is -1.83. The topological polar surface area (TPSA) is 0 Å². The van der Waals surface area contributed by atoms with Crippen LogP contribution in [0.25, 0.3) is 6.08 Å². The van der Waals surface area contributed by atoms with Crippen LogP contribution >= 0.6 is 0 Å². The van der Waals surface area contributed by atoms with Crippen molar-refractivity contribution in [2.75, 3.05) is 0 Å². The zero-order valence-corrected chi connectivity index (χ0v) is 11.5. The molecule has 0 unspecified atom stereocenters. The predicted molar refractivity (Wildman–Crippen MR) is 76.5 cm³/mol. The maximum absolute atomic E-state index is 4.60. The Kier molecular flexibility index (Phi) is 12.3. The van der Waals surface area contributed by atoms with E-state index in [4.69, 9.17) is 0 Å². The molecule has 0 radical (unpaired) electrons. The van der Waals surface area contributed by atoms with Crippen molar-refractivity contribution in [3.05, 3.63) is 41.0 Å². The molecule has 1 rings (SSSR count). The monoisotopic (exact) mass is 216 g/mol. The van der Waals surface area contributed by atoms with Gasteiger partial charge in [-0.3, -0.25) is 0 Å². The molecule has 0 saturated heterocycles. The Hall–Kier alpha value is -1.48. The van der Waals surface area contributed by atoms with Crippen LogP contribution in [0.15, 0.2) is 24.3 Å². The van der Waals surface area contributed by atoms with E-state index in [0.29, 0.717) is 0 Å². The molecule has 0 aromatic heterocycles. The maximum atomic E-state index is 4.60.